The first-order valence-corrected chi connectivity index (χ1v) is 4.44. The van der Waals surface area contributed by atoms with Crippen molar-refractivity contribution in [2.24, 2.45) is 0 Å². The fourth-order valence-corrected chi connectivity index (χ4v) is 1.26. The Labute approximate surface area is 84.4 Å². The second-order valence-corrected chi connectivity index (χ2v) is 2.97. The predicted octanol–water partition coefficient (Wildman–Crippen LogP) is 1.04. The van der Waals surface area contributed by atoms with Gasteiger partial charge in [-0.25, -0.2) is 0 Å². The summed E-state index contributed by atoms with van der Waals surface area (Å²) in [4.78, 5) is 0. The molecule has 0 fully saturated rings. The molecule has 0 bridgehead atoms. The molecular weight excluding hydrogens is 175 g/mol. The van der Waals surface area contributed by atoms with Crippen molar-refractivity contribution >= 4 is 24.7 Å². The van der Waals surface area contributed by atoms with Crippen molar-refractivity contribution in [3.8, 4) is 0 Å². The maximum absolute atomic E-state index is 8.99. The van der Waals surface area contributed by atoms with E-state index in [1.54, 1.807) is 18.2 Å². The number of rotatable bonds is 3. The van der Waals surface area contributed by atoms with Crippen LogP contribution >= 0.6 is 0 Å². The highest BCUT2D eigenvalue weighted by Gasteiger charge is 2.11. The third-order valence-corrected chi connectivity index (χ3v) is 1.98. The number of allylic oxidation sites excluding steroid dienone is 1. The van der Waals surface area contributed by atoms with E-state index in [4.69, 9.17) is 10.0 Å². The van der Waals surface area contributed by atoms with Crippen LogP contribution < -0.4 is 5.46 Å². The summed E-state index contributed by atoms with van der Waals surface area (Å²) in [7, 11) is -1.42. The molecule has 1 aromatic carbocycles. The second-order valence-electron chi connectivity index (χ2n) is 2.97. The van der Waals surface area contributed by atoms with Gasteiger partial charge in [-0.05, 0) is 23.5 Å². The van der Waals surface area contributed by atoms with Crippen LogP contribution in [0.25, 0.3) is 12.2 Å². The van der Waals surface area contributed by atoms with Gasteiger partial charge in [-0.15, -0.1) is 0 Å². The van der Waals surface area contributed by atoms with E-state index in [1.165, 1.54) is 0 Å². The van der Waals surface area contributed by atoms with E-state index < -0.39 is 7.12 Å². The first kappa shape index (κ1) is 10.8. The molecule has 72 valence electrons. The molecule has 0 saturated carbocycles. The van der Waals surface area contributed by atoms with Gasteiger partial charge in [-0.3, -0.25) is 0 Å². The van der Waals surface area contributed by atoms with Gasteiger partial charge in [-0.2, -0.15) is 0 Å². The van der Waals surface area contributed by atoms with Crippen LogP contribution in [0.3, 0.4) is 0 Å². The van der Waals surface area contributed by atoms with Crippen molar-refractivity contribution in [3.05, 3.63) is 42.0 Å². The zero-order chi connectivity index (χ0) is 10.6. The first-order valence-electron chi connectivity index (χ1n) is 4.44. The van der Waals surface area contributed by atoms with Crippen LogP contribution in [-0.4, -0.2) is 17.2 Å². The molecule has 0 aliphatic carbocycles. The van der Waals surface area contributed by atoms with Crippen molar-refractivity contribution in [2.45, 2.75) is 6.92 Å². The maximum Gasteiger partial charge on any atom is 0.488 e. The lowest BCUT2D eigenvalue weighted by Gasteiger charge is -2.04. The van der Waals surface area contributed by atoms with Gasteiger partial charge >= 0.3 is 7.12 Å². The Morgan fingerprint density at radius 3 is 2.50 bits per heavy atom. The quantitative estimate of drug-likeness (QED) is 0.695. The zero-order valence-corrected chi connectivity index (χ0v) is 8.14. The van der Waals surface area contributed by atoms with E-state index in [0.29, 0.717) is 5.46 Å². The smallest absolute Gasteiger partial charge is 0.423 e. The van der Waals surface area contributed by atoms with Gasteiger partial charge in [0.25, 0.3) is 0 Å². The molecule has 0 spiro atoms. The predicted molar refractivity (Wildman–Crippen MR) is 61.1 cm³/mol. The molecular formula is C11H13BO2. The van der Waals surface area contributed by atoms with Gasteiger partial charge in [0.15, 0.2) is 0 Å². The summed E-state index contributed by atoms with van der Waals surface area (Å²) in [5, 5.41) is 18.0. The van der Waals surface area contributed by atoms with Crippen LogP contribution in [0, 0.1) is 0 Å². The van der Waals surface area contributed by atoms with Crippen molar-refractivity contribution in [2.75, 3.05) is 0 Å². The second kappa shape index (κ2) is 4.79. The lowest BCUT2D eigenvalue weighted by Crippen LogP contribution is -2.29. The molecule has 0 atom stereocenters. The van der Waals surface area contributed by atoms with Crippen molar-refractivity contribution in [1.82, 2.24) is 0 Å². The molecule has 0 radical (unpaired) electrons. The minimum atomic E-state index is -1.42. The van der Waals surface area contributed by atoms with Crippen LogP contribution in [0.1, 0.15) is 18.1 Å². The topological polar surface area (TPSA) is 40.5 Å². The lowest BCUT2D eigenvalue weighted by atomic mass is 9.79. The Morgan fingerprint density at radius 1 is 1.29 bits per heavy atom. The van der Waals surface area contributed by atoms with Gasteiger partial charge < -0.3 is 10.0 Å². The third kappa shape index (κ3) is 2.34. The average Bonchev–Trinajstić information content (AvgIpc) is 2.18. The zero-order valence-electron chi connectivity index (χ0n) is 8.14. The standard InChI is InChI=1S/C11H13BO2/c1-3-5-10-8-11(12(13)14)7-6-9(10)4-2/h3-8,13-14H,2H2,1H3/b5-3-. The van der Waals surface area contributed by atoms with Crippen molar-refractivity contribution < 1.29 is 10.0 Å². The number of hydrogen-bond acceptors (Lipinski definition) is 2. The molecule has 1 rings (SSSR count). The van der Waals surface area contributed by atoms with Crippen molar-refractivity contribution in [3.63, 3.8) is 0 Å². The molecule has 14 heavy (non-hydrogen) atoms. The normalized spacial score (nSPS) is 10.5. The van der Waals surface area contributed by atoms with Crippen LogP contribution in [0.5, 0.6) is 0 Å². The average molecular weight is 188 g/mol. The Hall–Kier alpha value is -1.32. The summed E-state index contributed by atoms with van der Waals surface area (Å²) in [6, 6.07) is 5.23. The Kier molecular flexibility index (Phi) is 3.68. The third-order valence-electron chi connectivity index (χ3n) is 1.98. The van der Waals surface area contributed by atoms with Gasteiger partial charge in [0, 0.05) is 0 Å². The summed E-state index contributed by atoms with van der Waals surface area (Å²) >= 11 is 0. The summed E-state index contributed by atoms with van der Waals surface area (Å²) < 4.78 is 0. The van der Waals surface area contributed by atoms with E-state index in [0.717, 1.165) is 11.1 Å². The highest BCUT2D eigenvalue weighted by atomic mass is 16.4. The maximum atomic E-state index is 8.99. The van der Waals surface area contributed by atoms with Gasteiger partial charge in [-0.1, -0.05) is 43.0 Å². The highest BCUT2D eigenvalue weighted by Crippen LogP contribution is 2.10. The number of hydrogen-bond donors (Lipinski definition) is 2. The molecule has 0 unspecified atom stereocenters. The van der Waals surface area contributed by atoms with E-state index >= 15 is 0 Å². The summed E-state index contributed by atoms with van der Waals surface area (Å²) in [5.74, 6) is 0. The monoisotopic (exact) mass is 188 g/mol. The molecule has 2 N–H and O–H groups in total. The SMILES string of the molecule is C=Cc1ccc(B(O)O)cc1/C=C\C. The van der Waals surface area contributed by atoms with Crippen LogP contribution in [0.15, 0.2) is 30.9 Å². The van der Waals surface area contributed by atoms with Gasteiger partial charge in [0.2, 0.25) is 0 Å². The van der Waals surface area contributed by atoms with Crippen molar-refractivity contribution in [1.29, 1.82) is 0 Å². The molecule has 0 saturated heterocycles. The largest absolute Gasteiger partial charge is 0.488 e. The van der Waals surface area contributed by atoms with E-state index in [9.17, 15) is 0 Å². The summed E-state index contributed by atoms with van der Waals surface area (Å²) in [6.45, 7) is 5.60. The molecule has 1 aromatic rings. The van der Waals surface area contributed by atoms with E-state index in [-0.39, 0.29) is 0 Å². The van der Waals surface area contributed by atoms with Crippen LogP contribution in [0.4, 0.5) is 0 Å². The summed E-state index contributed by atoms with van der Waals surface area (Å²) in [6.07, 6.45) is 5.54. The molecule has 0 aliphatic heterocycles. The highest BCUT2D eigenvalue weighted by molar-refractivity contribution is 6.58. The molecule has 0 heterocycles. The lowest BCUT2D eigenvalue weighted by molar-refractivity contribution is 0.426. The van der Waals surface area contributed by atoms with Crippen LogP contribution in [0.2, 0.25) is 0 Å². The van der Waals surface area contributed by atoms with Gasteiger partial charge in [0.05, 0.1) is 0 Å². The first-order chi connectivity index (χ1) is 6.69. The molecule has 0 aliphatic rings. The Bertz CT molecular complexity index is 356. The van der Waals surface area contributed by atoms with Gasteiger partial charge in [0.1, 0.15) is 0 Å². The van der Waals surface area contributed by atoms with Crippen LogP contribution in [-0.2, 0) is 0 Å². The number of benzene rings is 1. The minimum absolute atomic E-state index is 0.490. The minimum Gasteiger partial charge on any atom is -0.423 e. The fourth-order valence-electron chi connectivity index (χ4n) is 1.26. The Morgan fingerprint density at radius 2 is 2.00 bits per heavy atom. The molecule has 2 nitrogen and oxygen atoms in total. The fraction of sp³-hybridized carbons (Fsp3) is 0.0909. The summed E-state index contributed by atoms with van der Waals surface area (Å²) in [5.41, 5.74) is 2.41. The molecule has 0 amide bonds. The van der Waals surface area contributed by atoms with E-state index in [2.05, 4.69) is 6.58 Å². The Balaban J connectivity index is 3.20. The molecule has 0 aromatic heterocycles. The molecule has 3 heteroatoms. The van der Waals surface area contributed by atoms with E-state index in [1.807, 2.05) is 25.1 Å².